The molecule has 8 nitrogen and oxygen atoms in total. The molecule has 2 bridgehead atoms. The Morgan fingerprint density at radius 3 is 2.65 bits per heavy atom. The molecular formula is C28H23ClF3N7O. The molecule has 2 atom stereocenters. The average Bonchev–Trinajstić information content (AvgIpc) is 3.59. The fraction of sp³-hybridized carbons (Fsp3) is 0.286. The van der Waals surface area contributed by atoms with Gasteiger partial charge in [0.2, 0.25) is 0 Å². The lowest BCUT2D eigenvalue weighted by molar-refractivity contribution is -0.0506. The van der Waals surface area contributed by atoms with E-state index in [-0.39, 0.29) is 30.2 Å². The van der Waals surface area contributed by atoms with Crippen molar-refractivity contribution in [3.63, 3.8) is 0 Å². The zero-order chi connectivity index (χ0) is 26.5. The van der Waals surface area contributed by atoms with Crippen LogP contribution >= 0.6 is 12.4 Å². The number of benzene rings is 2. The summed E-state index contributed by atoms with van der Waals surface area (Å²) in [5, 5.41) is 8.44. The zero-order valence-corrected chi connectivity index (χ0v) is 21.8. The summed E-state index contributed by atoms with van der Waals surface area (Å²) in [6.45, 7) is -2.97. The van der Waals surface area contributed by atoms with Gasteiger partial charge in [-0.15, -0.1) is 17.5 Å². The van der Waals surface area contributed by atoms with Crippen LogP contribution in [-0.4, -0.2) is 36.1 Å². The van der Waals surface area contributed by atoms with E-state index >= 15 is 4.39 Å². The van der Waals surface area contributed by atoms with Gasteiger partial charge in [-0.25, -0.2) is 14.1 Å². The van der Waals surface area contributed by atoms with Gasteiger partial charge in [0.1, 0.15) is 23.4 Å². The quantitative estimate of drug-likeness (QED) is 0.298. The molecule has 12 heteroatoms. The minimum absolute atomic E-state index is 0. The lowest BCUT2D eigenvalue weighted by atomic mass is 9.75. The molecule has 0 saturated heterocycles. The molecule has 3 aromatic heterocycles. The van der Waals surface area contributed by atoms with Crippen molar-refractivity contribution in [3.05, 3.63) is 77.8 Å². The predicted molar refractivity (Wildman–Crippen MR) is 143 cm³/mol. The molecule has 3 aliphatic rings. The van der Waals surface area contributed by atoms with Gasteiger partial charge >= 0.3 is 6.61 Å². The van der Waals surface area contributed by atoms with E-state index in [4.69, 9.17) is 15.5 Å². The number of pyridine rings is 1. The zero-order valence-electron chi connectivity index (χ0n) is 21.0. The number of hydrogen-bond acceptors (Lipinski definition) is 6. The highest BCUT2D eigenvalue weighted by Gasteiger charge is 2.43. The molecule has 2 N–H and O–H groups in total. The molecule has 5 heterocycles. The van der Waals surface area contributed by atoms with Crippen molar-refractivity contribution in [2.45, 2.75) is 49.9 Å². The van der Waals surface area contributed by atoms with E-state index in [1.54, 1.807) is 29.2 Å². The number of nitrogens with two attached hydrogens (primary N) is 1. The summed E-state index contributed by atoms with van der Waals surface area (Å²) in [4.78, 5) is 9.33. The predicted octanol–water partition coefficient (Wildman–Crippen LogP) is 5.75. The van der Waals surface area contributed by atoms with Crippen molar-refractivity contribution in [2.24, 2.45) is 5.73 Å². The van der Waals surface area contributed by atoms with Crippen molar-refractivity contribution < 1.29 is 17.9 Å². The van der Waals surface area contributed by atoms with Crippen molar-refractivity contribution in [3.8, 4) is 28.1 Å². The number of nitrogens with zero attached hydrogens (tertiary/aromatic N) is 6. The number of imidazole rings is 1. The van der Waals surface area contributed by atoms with Crippen LogP contribution in [0.2, 0.25) is 0 Å². The topological polar surface area (TPSA) is 96.7 Å². The first-order valence-electron chi connectivity index (χ1n) is 12.9. The van der Waals surface area contributed by atoms with E-state index in [0.29, 0.717) is 23.2 Å². The molecule has 0 unspecified atom stereocenters. The van der Waals surface area contributed by atoms with Crippen LogP contribution in [0.1, 0.15) is 54.8 Å². The molecule has 1 aliphatic carbocycles. The van der Waals surface area contributed by atoms with Crippen molar-refractivity contribution >= 4 is 23.4 Å². The Morgan fingerprint density at radius 2 is 1.90 bits per heavy atom. The summed E-state index contributed by atoms with van der Waals surface area (Å²) in [6.07, 6.45) is 6.25. The molecule has 2 aromatic carbocycles. The maximum Gasteiger partial charge on any atom is 0.387 e. The van der Waals surface area contributed by atoms with Crippen molar-refractivity contribution in [1.82, 2.24) is 29.5 Å². The molecule has 0 spiro atoms. The Morgan fingerprint density at radius 1 is 1.05 bits per heavy atom. The van der Waals surface area contributed by atoms with Crippen LogP contribution in [-0.2, 0) is 5.54 Å². The molecular weight excluding hydrogens is 543 g/mol. The number of ether oxygens (including phenoxy) is 1. The third-order valence-electron chi connectivity index (χ3n) is 8.43. The third-order valence-corrected chi connectivity index (χ3v) is 8.43. The van der Waals surface area contributed by atoms with E-state index in [1.165, 1.54) is 6.07 Å². The number of rotatable bonds is 4. The number of hydrogen-bond donors (Lipinski definition) is 1. The monoisotopic (exact) mass is 565 g/mol. The van der Waals surface area contributed by atoms with Gasteiger partial charge in [-0.1, -0.05) is 23.4 Å². The van der Waals surface area contributed by atoms with Crippen LogP contribution in [0.4, 0.5) is 13.2 Å². The summed E-state index contributed by atoms with van der Waals surface area (Å²) >= 11 is 0. The van der Waals surface area contributed by atoms with Crippen LogP contribution in [0.25, 0.3) is 33.4 Å². The van der Waals surface area contributed by atoms with Gasteiger partial charge in [-0.2, -0.15) is 8.78 Å². The van der Waals surface area contributed by atoms with Gasteiger partial charge in [0, 0.05) is 29.3 Å². The maximum absolute atomic E-state index is 15.1. The largest absolute Gasteiger partial charge is 0.434 e. The Hall–Kier alpha value is -3.96. The van der Waals surface area contributed by atoms with Crippen molar-refractivity contribution in [1.29, 1.82) is 0 Å². The molecule has 2 aliphatic heterocycles. The van der Waals surface area contributed by atoms with Crippen LogP contribution in [0.5, 0.6) is 5.75 Å². The fourth-order valence-electron chi connectivity index (χ4n) is 6.47. The van der Waals surface area contributed by atoms with E-state index in [0.717, 1.165) is 52.9 Å². The number of aromatic nitrogens is 6. The van der Waals surface area contributed by atoms with Crippen LogP contribution in [0, 0.1) is 5.82 Å². The van der Waals surface area contributed by atoms with E-state index in [2.05, 4.69) is 19.9 Å². The highest BCUT2D eigenvalue weighted by molar-refractivity contribution is 5.85. The molecule has 40 heavy (non-hydrogen) atoms. The molecule has 0 radical (unpaired) electrons. The molecule has 8 rings (SSSR count). The van der Waals surface area contributed by atoms with Crippen LogP contribution < -0.4 is 10.5 Å². The van der Waals surface area contributed by atoms with Crippen molar-refractivity contribution in [2.75, 3.05) is 0 Å². The standard InChI is InChI=1S/C28H22F3N7O.ClH/c29-17-9-15(12-33-25(17)28(32)7-2-8-28)14-5-6-18-19(10-14)37-20-11-21(26(37)35-18)38-22(13-34-36-38)16-3-1-4-23(24(16)20)39-27(30)31;/h1,3-6,9-10,12-13,20-21,27H,2,7-8,11,32H2;1H/t20-,21-;/m1./s1. The summed E-state index contributed by atoms with van der Waals surface area (Å²) in [5.41, 5.74) is 11.0. The summed E-state index contributed by atoms with van der Waals surface area (Å²) in [6, 6.07) is 11.7. The minimum atomic E-state index is -2.97. The molecule has 1 saturated carbocycles. The number of alkyl halides is 2. The molecule has 5 aromatic rings. The maximum atomic E-state index is 15.1. The van der Waals surface area contributed by atoms with E-state index in [9.17, 15) is 8.78 Å². The Labute approximate surface area is 232 Å². The summed E-state index contributed by atoms with van der Waals surface area (Å²) < 4.78 is 50.9. The Balaban J connectivity index is 0.00000264. The molecule has 204 valence electrons. The van der Waals surface area contributed by atoms with Crippen LogP contribution in [0.15, 0.2) is 54.9 Å². The Kier molecular flexibility index (Phi) is 5.49. The lowest BCUT2D eigenvalue weighted by Crippen LogP contribution is -2.44. The average molecular weight is 566 g/mol. The first kappa shape index (κ1) is 25.0. The highest BCUT2D eigenvalue weighted by atomic mass is 35.5. The van der Waals surface area contributed by atoms with E-state index < -0.39 is 18.0 Å². The van der Waals surface area contributed by atoms with Gasteiger partial charge in [0.25, 0.3) is 0 Å². The first-order chi connectivity index (χ1) is 18.9. The lowest BCUT2D eigenvalue weighted by Gasteiger charge is -2.37. The fourth-order valence-corrected chi connectivity index (χ4v) is 6.47. The number of halogens is 4. The second-order valence-corrected chi connectivity index (χ2v) is 10.5. The van der Waals surface area contributed by atoms with Gasteiger partial charge in [0.05, 0.1) is 40.2 Å². The van der Waals surface area contributed by atoms with Gasteiger partial charge in [-0.3, -0.25) is 4.98 Å². The van der Waals surface area contributed by atoms with Gasteiger partial charge in [-0.05, 0) is 49.1 Å². The third kappa shape index (κ3) is 3.43. The summed E-state index contributed by atoms with van der Waals surface area (Å²) in [5.74, 6) is 0.452. The Bertz CT molecular complexity index is 1800. The van der Waals surface area contributed by atoms with E-state index in [1.807, 2.05) is 24.3 Å². The highest BCUT2D eigenvalue weighted by Crippen LogP contribution is 2.52. The second kappa shape index (κ2) is 8.77. The van der Waals surface area contributed by atoms with Crippen LogP contribution in [0.3, 0.4) is 0 Å². The molecule has 0 amide bonds. The first-order valence-corrected chi connectivity index (χ1v) is 12.9. The van der Waals surface area contributed by atoms with Gasteiger partial charge in [0.15, 0.2) is 0 Å². The number of fused-ring (bicyclic) bond motifs is 6. The molecule has 1 fully saturated rings. The minimum Gasteiger partial charge on any atom is -0.434 e. The SMILES string of the molecule is Cl.NC1(c2ncc(-c3ccc4nc5n(c4c3)[C@@H]3C[C@H]5n4nncc4-c4cccc(OC(F)F)c43)cc2F)CCC1. The smallest absolute Gasteiger partial charge is 0.387 e. The second-order valence-electron chi connectivity index (χ2n) is 10.5. The van der Waals surface area contributed by atoms with Gasteiger partial charge < -0.3 is 15.0 Å². The summed E-state index contributed by atoms with van der Waals surface area (Å²) in [7, 11) is 0. The normalized spacial score (nSPS) is 19.8.